The smallest absolute Gasteiger partial charge is 0.321 e. The lowest BCUT2D eigenvalue weighted by Gasteiger charge is -2.38. The van der Waals surface area contributed by atoms with Crippen molar-refractivity contribution in [3.8, 4) is 0 Å². The van der Waals surface area contributed by atoms with Crippen LogP contribution in [-0.4, -0.2) is 69.0 Å². The van der Waals surface area contributed by atoms with Gasteiger partial charge in [-0.25, -0.2) is 17.9 Å². The molecular formula is C23H38N4O4S. The van der Waals surface area contributed by atoms with Crippen molar-refractivity contribution in [1.29, 1.82) is 0 Å². The topological polar surface area (TPSA) is 91.0 Å². The van der Waals surface area contributed by atoms with Crippen molar-refractivity contribution in [2.75, 3.05) is 36.4 Å². The zero-order valence-corrected chi connectivity index (χ0v) is 21.0. The number of likely N-dealkylation sites (tertiary alicyclic amines) is 1. The zero-order valence-electron chi connectivity index (χ0n) is 20.1. The predicted octanol–water partition coefficient (Wildman–Crippen LogP) is 3.24. The number of nitrogens with zero attached hydrogens (tertiary/aromatic N) is 2. The fraction of sp³-hybridized carbons (Fsp3) is 0.696. The average Bonchev–Trinajstić information content (AvgIpc) is 2.69. The van der Waals surface area contributed by atoms with Gasteiger partial charge in [0.15, 0.2) is 0 Å². The first kappa shape index (κ1) is 24.8. The van der Waals surface area contributed by atoms with Gasteiger partial charge in [-0.2, -0.15) is 0 Å². The molecule has 2 atom stereocenters. The van der Waals surface area contributed by atoms with E-state index >= 15 is 0 Å². The molecule has 8 nitrogen and oxygen atoms in total. The van der Waals surface area contributed by atoms with Crippen molar-refractivity contribution in [3.63, 3.8) is 0 Å². The molecule has 2 heterocycles. The molecule has 180 valence electrons. The van der Waals surface area contributed by atoms with E-state index in [1.165, 1.54) is 5.69 Å². The first-order valence-electron chi connectivity index (χ1n) is 11.5. The maximum absolute atomic E-state index is 12.9. The number of hydrogen-bond donors (Lipinski definition) is 2. The van der Waals surface area contributed by atoms with Gasteiger partial charge in [-0.05, 0) is 77.6 Å². The Morgan fingerprint density at radius 2 is 1.66 bits per heavy atom. The number of benzene rings is 1. The first-order valence-corrected chi connectivity index (χ1v) is 13.1. The van der Waals surface area contributed by atoms with E-state index in [2.05, 4.69) is 41.8 Å². The average molecular weight is 467 g/mol. The molecule has 0 spiro atoms. The summed E-state index contributed by atoms with van der Waals surface area (Å²) in [4.78, 5) is 17.0. The molecule has 2 aliphatic rings. The van der Waals surface area contributed by atoms with E-state index in [1.54, 1.807) is 18.7 Å². The number of carbonyl (C=O) groups excluding carboxylic acids is 1. The molecule has 2 aliphatic heterocycles. The van der Waals surface area contributed by atoms with Gasteiger partial charge in [-0.15, -0.1) is 0 Å². The summed E-state index contributed by atoms with van der Waals surface area (Å²) in [6, 6.07) is 3.92. The van der Waals surface area contributed by atoms with Crippen molar-refractivity contribution >= 4 is 27.4 Å². The molecule has 1 aromatic rings. The third kappa shape index (κ3) is 5.94. The minimum Gasteiger partial charge on any atom is -0.372 e. The fourth-order valence-corrected chi connectivity index (χ4v) is 5.39. The van der Waals surface area contributed by atoms with Crippen LogP contribution in [0.25, 0.3) is 0 Å². The highest BCUT2D eigenvalue weighted by Gasteiger charge is 2.28. The number of morpholine rings is 1. The summed E-state index contributed by atoms with van der Waals surface area (Å²) in [5.74, 6) is 0. The van der Waals surface area contributed by atoms with Gasteiger partial charge in [0.05, 0.1) is 17.5 Å². The number of amides is 2. The van der Waals surface area contributed by atoms with Crippen LogP contribution in [0.1, 0.15) is 51.7 Å². The molecule has 0 aliphatic carbocycles. The third-order valence-electron chi connectivity index (χ3n) is 6.28. The van der Waals surface area contributed by atoms with Crippen molar-refractivity contribution in [3.05, 3.63) is 23.3 Å². The molecule has 1 aromatic carbocycles. The predicted molar refractivity (Wildman–Crippen MR) is 129 cm³/mol. The molecule has 3 rings (SSSR count). The Morgan fingerprint density at radius 3 is 2.22 bits per heavy atom. The number of nitrogens with one attached hydrogen (secondary N) is 2. The highest BCUT2D eigenvalue weighted by Crippen LogP contribution is 2.30. The van der Waals surface area contributed by atoms with E-state index in [0.29, 0.717) is 25.9 Å². The Kier molecular flexibility index (Phi) is 7.73. The Balaban J connectivity index is 1.60. The summed E-state index contributed by atoms with van der Waals surface area (Å²) in [6.45, 7) is 14.4. The summed E-state index contributed by atoms with van der Waals surface area (Å²) in [7, 11) is -3.30. The number of aryl methyl sites for hydroxylation is 2. The van der Waals surface area contributed by atoms with Gasteiger partial charge in [0.1, 0.15) is 0 Å². The normalized spacial score (nSPS) is 23.0. The molecule has 0 aromatic heterocycles. The van der Waals surface area contributed by atoms with E-state index in [1.807, 2.05) is 13.0 Å². The summed E-state index contributed by atoms with van der Waals surface area (Å²) in [6.07, 6.45) is 1.60. The Morgan fingerprint density at radius 1 is 1.06 bits per heavy atom. The van der Waals surface area contributed by atoms with Gasteiger partial charge in [0.25, 0.3) is 0 Å². The van der Waals surface area contributed by atoms with Crippen LogP contribution in [0, 0.1) is 13.8 Å². The number of anilines is 2. The van der Waals surface area contributed by atoms with Crippen LogP contribution in [0.3, 0.4) is 0 Å². The molecule has 0 bridgehead atoms. The maximum Gasteiger partial charge on any atom is 0.321 e. The second kappa shape index (κ2) is 9.97. The quantitative estimate of drug-likeness (QED) is 0.695. The molecular weight excluding hydrogens is 428 g/mol. The standard InChI is InChI=1S/C23H38N4O4S/c1-15(2)32(29,30)25-20-7-9-26(10-8-20)23(28)24-21-11-17(4)22(12-16(21)3)27-13-18(5)31-19(6)14-27/h11-12,15,18-20,25H,7-10,13-14H2,1-6H3,(H,24,28). The molecule has 2 amide bonds. The van der Waals surface area contributed by atoms with Crippen molar-refractivity contribution < 1.29 is 17.9 Å². The van der Waals surface area contributed by atoms with Crippen molar-refractivity contribution in [2.45, 2.75) is 77.9 Å². The van der Waals surface area contributed by atoms with E-state index in [0.717, 1.165) is 29.9 Å². The zero-order chi connectivity index (χ0) is 23.6. The van der Waals surface area contributed by atoms with Crippen LogP contribution in [0.15, 0.2) is 12.1 Å². The summed E-state index contributed by atoms with van der Waals surface area (Å²) < 4.78 is 32.8. The van der Waals surface area contributed by atoms with E-state index < -0.39 is 15.3 Å². The molecule has 2 N–H and O–H groups in total. The lowest BCUT2D eigenvalue weighted by atomic mass is 10.1. The van der Waals surface area contributed by atoms with E-state index in [-0.39, 0.29) is 24.3 Å². The summed E-state index contributed by atoms with van der Waals surface area (Å²) in [5.41, 5.74) is 4.13. The number of hydrogen-bond acceptors (Lipinski definition) is 5. The molecule has 0 radical (unpaired) electrons. The number of sulfonamides is 1. The molecule has 2 saturated heterocycles. The number of piperidine rings is 1. The lowest BCUT2D eigenvalue weighted by molar-refractivity contribution is -0.00524. The SMILES string of the molecule is Cc1cc(N2CC(C)OC(C)C2)c(C)cc1NC(=O)N1CCC(NS(=O)(=O)C(C)C)CC1. The second-order valence-electron chi connectivity index (χ2n) is 9.52. The highest BCUT2D eigenvalue weighted by molar-refractivity contribution is 7.90. The second-order valence-corrected chi connectivity index (χ2v) is 11.8. The number of urea groups is 1. The first-order chi connectivity index (χ1) is 15.0. The van der Waals surface area contributed by atoms with Crippen molar-refractivity contribution in [2.24, 2.45) is 0 Å². The summed E-state index contributed by atoms with van der Waals surface area (Å²) in [5, 5.41) is 2.60. The van der Waals surface area contributed by atoms with E-state index in [4.69, 9.17) is 4.74 Å². The number of rotatable bonds is 5. The monoisotopic (exact) mass is 466 g/mol. The van der Waals surface area contributed by atoms with Gasteiger partial charge < -0.3 is 19.9 Å². The Bertz CT molecular complexity index is 916. The minimum absolute atomic E-state index is 0.118. The van der Waals surface area contributed by atoms with Crippen LogP contribution >= 0.6 is 0 Å². The van der Waals surface area contributed by atoms with Crippen LogP contribution in [0.4, 0.5) is 16.2 Å². The molecule has 2 fully saturated rings. The van der Waals surface area contributed by atoms with Crippen LogP contribution in [0.5, 0.6) is 0 Å². The molecule has 32 heavy (non-hydrogen) atoms. The largest absolute Gasteiger partial charge is 0.372 e. The number of ether oxygens (including phenoxy) is 1. The van der Waals surface area contributed by atoms with Crippen LogP contribution < -0.4 is 14.9 Å². The van der Waals surface area contributed by atoms with Gasteiger partial charge >= 0.3 is 6.03 Å². The highest BCUT2D eigenvalue weighted by atomic mass is 32.2. The van der Waals surface area contributed by atoms with Gasteiger partial charge in [0.2, 0.25) is 10.0 Å². The maximum atomic E-state index is 12.9. The van der Waals surface area contributed by atoms with Crippen LogP contribution in [0.2, 0.25) is 0 Å². The summed E-state index contributed by atoms with van der Waals surface area (Å²) >= 11 is 0. The van der Waals surface area contributed by atoms with Gasteiger partial charge in [-0.3, -0.25) is 0 Å². The molecule has 9 heteroatoms. The third-order valence-corrected chi connectivity index (χ3v) is 8.18. The fourth-order valence-electron chi connectivity index (χ4n) is 4.41. The number of carbonyl (C=O) groups is 1. The molecule has 0 saturated carbocycles. The van der Waals surface area contributed by atoms with Crippen LogP contribution in [-0.2, 0) is 14.8 Å². The molecule has 2 unspecified atom stereocenters. The Hall–Kier alpha value is -1.84. The van der Waals surface area contributed by atoms with Crippen molar-refractivity contribution in [1.82, 2.24) is 9.62 Å². The lowest BCUT2D eigenvalue weighted by Crippen LogP contribution is -2.48. The van der Waals surface area contributed by atoms with Gasteiger partial charge in [0, 0.05) is 43.6 Å². The van der Waals surface area contributed by atoms with Gasteiger partial charge in [-0.1, -0.05) is 0 Å². The minimum atomic E-state index is -3.30. The van der Waals surface area contributed by atoms with E-state index in [9.17, 15) is 13.2 Å². The Labute approximate surface area is 192 Å².